The monoisotopic (exact) mass is 453 g/mol. The van der Waals surface area contributed by atoms with E-state index < -0.39 is 0 Å². The number of aryl methyl sites for hydroxylation is 2. The van der Waals surface area contributed by atoms with Gasteiger partial charge in [0.1, 0.15) is 4.88 Å². The molecule has 2 unspecified atom stereocenters. The average molecular weight is 454 g/mol. The number of ether oxygens (including phenoxy) is 1. The second-order valence-corrected chi connectivity index (χ2v) is 9.87. The van der Waals surface area contributed by atoms with Crippen molar-refractivity contribution in [1.82, 2.24) is 4.90 Å². The quantitative estimate of drug-likeness (QED) is 0.290. The Morgan fingerprint density at radius 1 is 1.19 bits per heavy atom. The van der Waals surface area contributed by atoms with Crippen LogP contribution in [0, 0.1) is 5.92 Å². The Morgan fingerprint density at radius 2 is 2.00 bits per heavy atom. The third-order valence-corrected chi connectivity index (χ3v) is 7.27. The number of carbonyl (C=O) groups is 2. The molecule has 1 aromatic carbocycles. The molecule has 0 bridgehead atoms. The fourth-order valence-electron chi connectivity index (χ4n) is 4.28. The topological polar surface area (TPSA) is 46.6 Å². The van der Waals surface area contributed by atoms with Gasteiger partial charge in [0, 0.05) is 17.8 Å². The highest BCUT2D eigenvalue weighted by Gasteiger charge is 2.28. The van der Waals surface area contributed by atoms with Gasteiger partial charge in [-0.25, -0.2) is 4.79 Å². The molecule has 5 heteroatoms. The zero-order chi connectivity index (χ0) is 22.8. The molecule has 1 aromatic heterocycles. The zero-order valence-electron chi connectivity index (χ0n) is 19.3. The summed E-state index contributed by atoms with van der Waals surface area (Å²) in [5.74, 6) is 0.635. The maximum atomic E-state index is 12.4. The predicted molar refractivity (Wildman–Crippen MR) is 131 cm³/mol. The number of benzene rings is 1. The number of carbonyl (C=O) groups excluding carboxylic acids is 2. The number of methoxy groups -OCH3 is 1. The van der Waals surface area contributed by atoms with Gasteiger partial charge in [0.05, 0.1) is 13.2 Å². The zero-order valence-corrected chi connectivity index (χ0v) is 20.1. The summed E-state index contributed by atoms with van der Waals surface area (Å²) in [5.41, 5.74) is 1.42. The van der Waals surface area contributed by atoms with Gasteiger partial charge in [0.15, 0.2) is 0 Å². The fourth-order valence-corrected chi connectivity index (χ4v) is 5.25. The lowest BCUT2D eigenvalue weighted by Crippen LogP contribution is -2.32. The van der Waals surface area contributed by atoms with Crippen molar-refractivity contribution in [3.63, 3.8) is 0 Å². The molecule has 1 amide bonds. The molecule has 0 saturated carbocycles. The van der Waals surface area contributed by atoms with Crippen molar-refractivity contribution in [3.8, 4) is 0 Å². The molecule has 0 radical (unpaired) electrons. The minimum Gasteiger partial charge on any atom is -0.465 e. The molecule has 172 valence electrons. The van der Waals surface area contributed by atoms with E-state index in [0.29, 0.717) is 17.2 Å². The normalized spacial score (nSPS) is 17.2. The number of allylic oxidation sites excluding steroid dienone is 1. The summed E-state index contributed by atoms with van der Waals surface area (Å²) in [4.78, 5) is 27.8. The van der Waals surface area contributed by atoms with Gasteiger partial charge in [-0.05, 0) is 62.1 Å². The van der Waals surface area contributed by atoms with E-state index >= 15 is 0 Å². The lowest BCUT2D eigenvalue weighted by Gasteiger charge is -2.22. The third kappa shape index (κ3) is 7.33. The predicted octanol–water partition coefficient (Wildman–Crippen LogP) is 6.06. The Morgan fingerprint density at radius 3 is 2.78 bits per heavy atom. The summed E-state index contributed by atoms with van der Waals surface area (Å²) in [6.45, 7) is 3.09. The van der Waals surface area contributed by atoms with Crippen molar-refractivity contribution in [1.29, 1.82) is 0 Å². The lowest BCUT2D eigenvalue weighted by molar-refractivity contribution is -0.128. The molecule has 1 aliphatic rings. The SMILES string of the molecule is COC(=O)c1ccc(CCCN2C(=O)CCC2/C=C/CC(C)CCCc2ccccc2)s1. The first-order chi connectivity index (χ1) is 15.6. The van der Waals surface area contributed by atoms with Crippen molar-refractivity contribution in [2.24, 2.45) is 5.92 Å². The van der Waals surface area contributed by atoms with Crippen LogP contribution in [0.1, 0.15) is 65.6 Å². The van der Waals surface area contributed by atoms with E-state index in [1.165, 1.54) is 36.9 Å². The van der Waals surface area contributed by atoms with Crippen LogP contribution in [0.4, 0.5) is 0 Å². The average Bonchev–Trinajstić information content (AvgIpc) is 3.41. The number of thiophene rings is 1. The molecule has 1 aliphatic heterocycles. The number of hydrogen-bond donors (Lipinski definition) is 0. The van der Waals surface area contributed by atoms with Gasteiger partial charge in [-0.2, -0.15) is 0 Å². The largest absolute Gasteiger partial charge is 0.465 e. The molecular weight excluding hydrogens is 418 g/mol. The number of esters is 1. The Labute approximate surface area is 196 Å². The standard InChI is InChI=1S/C27H35NO3S/c1-21(9-6-13-22-11-4-3-5-12-22)10-7-14-23-16-19-26(29)28(23)20-8-15-24-17-18-25(32-24)27(30)31-2/h3-5,7,11-12,14,17-18,21,23H,6,8-10,13,15-16,19-20H2,1-2H3/b14-7+. The van der Waals surface area contributed by atoms with Crippen LogP contribution in [-0.4, -0.2) is 36.5 Å². The van der Waals surface area contributed by atoms with Gasteiger partial charge in [-0.1, -0.05) is 55.8 Å². The van der Waals surface area contributed by atoms with Gasteiger partial charge in [-0.15, -0.1) is 11.3 Å². The van der Waals surface area contributed by atoms with Gasteiger partial charge < -0.3 is 9.64 Å². The lowest BCUT2D eigenvalue weighted by atomic mass is 9.98. The number of nitrogens with zero attached hydrogens (tertiary/aromatic N) is 1. The molecule has 2 heterocycles. The van der Waals surface area contributed by atoms with E-state index in [4.69, 9.17) is 4.74 Å². The van der Waals surface area contributed by atoms with Crippen molar-refractivity contribution in [2.75, 3.05) is 13.7 Å². The smallest absolute Gasteiger partial charge is 0.348 e. The molecule has 2 atom stereocenters. The molecule has 0 spiro atoms. The Hall–Kier alpha value is -2.40. The van der Waals surface area contributed by atoms with Crippen LogP contribution in [0.3, 0.4) is 0 Å². The number of rotatable bonds is 12. The minimum absolute atomic E-state index is 0.230. The van der Waals surface area contributed by atoms with Crippen LogP contribution in [0.15, 0.2) is 54.6 Å². The van der Waals surface area contributed by atoms with E-state index in [1.54, 1.807) is 0 Å². The number of likely N-dealkylation sites (tertiary alicyclic amines) is 1. The van der Waals surface area contributed by atoms with Crippen molar-refractivity contribution < 1.29 is 14.3 Å². The Kier molecular flexibility index (Phi) is 9.54. The van der Waals surface area contributed by atoms with Gasteiger partial charge in [0.25, 0.3) is 0 Å². The van der Waals surface area contributed by atoms with E-state index in [0.717, 1.165) is 43.5 Å². The summed E-state index contributed by atoms with van der Waals surface area (Å²) < 4.78 is 4.77. The van der Waals surface area contributed by atoms with Crippen LogP contribution in [0.25, 0.3) is 0 Å². The summed E-state index contributed by atoms with van der Waals surface area (Å²) in [5, 5.41) is 0. The van der Waals surface area contributed by atoms with Crippen molar-refractivity contribution in [2.45, 2.75) is 64.3 Å². The summed E-state index contributed by atoms with van der Waals surface area (Å²) in [6.07, 6.45) is 12.5. The van der Waals surface area contributed by atoms with Crippen LogP contribution in [-0.2, 0) is 22.4 Å². The summed E-state index contributed by atoms with van der Waals surface area (Å²) >= 11 is 1.48. The van der Waals surface area contributed by atoms with Gasteiger partial charge >= 0.3 is 5.97 Å². The summed E-state index contributed by atoms with van der Waals surface area (Å²) in [7, 11) is 1.40. The second kappa shape index (κ2) is 12.6. The Balaban J connectivity index is 1.38. The molecule has 32 heavy (non-hydrogen) atoms. The molecule has 0 aliphatic carbocycles. The van der Waals surface area contributed by atoms with E-state index in [-0.39, 0.29) is 17.9 Å². The first-order valence-electron chi connectivity index (χ1n) is 11.7. The van der Waals surface area contributed by atoms with Crippen molar-refractivity contribution in [3.05, 3.63) is 69.9 Å². The van der Waals surface area contributed by atoms with E-state index in [2.05, 4.69) is 49.4 Å². The van der Waals surface area contributed by atoms with Gasteiger partial charge in [-0.3, -0.25) is 4.79 Å². The van der Waals surface area contributed by atoms with Crippen LogP contribution in [0.5, 0.6) is 0 Å². The molecule has 0 N–H and O–H groups in total. The summed E-state index contributed by atoms with van der Waals surface area (Å²) in [6, 6.07) is 14.7. The number of hydrogen-bond acceptors (Lipinski definition) is 4. The maximum Gasteiger partial charge on any atom is 0.348 e. The van der Waals surface area contributed by atoms with E-state index in [9.17, 15) is 9.59 Å². The molecule has 4 nitrogen and oxygen atoms in total. The maximum absolute atomic E-state index is 12.4. The highest BCUT2D eigenvalue weighted by Crippen LogP contribution is 2.23. The van der Waals surface area contributed by atoms with Gasteiger partial charge in [0.2, 0.25) is 5.91 Å². The van der Waals surface area contributed by atoms with E-state index in [1.807, 2.05) is 17.0 Å². The highest BCUT2D eigenvalue weighted by molar-refractivity contribution is 7.13. The molecule has 3 rings (SSSR count). The highest BCUT2D eigenvalue weighted by atomic mass is 32.1. The fraction of sp³-hybridized carbons (Fsp3) is 0.481. The molecular formula is C27H35NO3S. The molecule has 1 saturated heterocycles. The second-order valence-electron chi connectivity index (χ2n) is 8.70. The molecule has 2 aromatic rings. The Bertz CT molecular complexity index is 889. The first kappa shape index (κ1) is 24.2. The van der Waals surface area contributed by atoms with Crippen LogP contribution >= 0.6 is 11.3 Å². The first-order valence-corrected chi connectivity index (χ1v) is 12.6. The number of amides is 1. The van der Waals surface area contributed by atoms with Crippen LogP contribution in [0.2, 0.25) is 0 Å². The molecule has 1 fully saturated rings. The minimum atomic E-state index is -0.282. The van der Waals surface area contributed by atoms with Crippen molar-refractivity contribution >= 4 is 23.2 Å². The third-order valence-electron chi connectivity index (χ3n) is 6.15. The van der Waals surface area contributed by atoms with Crippen LogP contribution < -0.4 is 0 Å².